The minimum atomic E-state index is -0.519. The number of nitrogens with zero attached hydrogens (tertiary/aromatic N) is 2. The van der Waals surface area contributed by atoms with Crippen molar-refractivity contribution >= 4 is 27.7 Å². The first-order chi connectivity index (χ1) is 11.0. The van der Waals surface area contributed by atoms with Crippen molar-refractivity contribution < 1.29 is 19.1 Å². The van der Waals surface area contributed by atoms with Crippen LogP contribution in [-0.4, -0.2) is 34.0 Å². The van der Waals surface area contributed by atoms with Gasteiger partial charge in [0, 0.05) is 12.4 Å². The van der Waals surface area contributed by atoms with Crippen molar-refractivity contribution in [1.82, 2.24) is 9.55 Å². The van der Waals surface area contributed by atoms with E-state index in [1.807, 2.05) is 6.92 Å². The number of ether oxygens (including phenoxy) is 2. The van der Waals surface area contributed by atoms with Gasteiger partial charge in [0.25, 0.3) is 0 Å². The highest BCUT2D eigenvalue weighted by Crippen LogP contribution is 2.39. The maximum atomic E-state index is 12.9. The van der Waals surface area contributed by atoms with Crippen LogP contribution in [0.2, 0.25) is 0 Å². The molecule has 6 nitrogen and oxygen atoms in total. The van der Waals surface area contributed by atoms with Crippen LogP contribution in [0.5, 0.6) is 5.75 Å². The second-order valence-corrected chi connectivity index (χ2v) is 6.05. The van der Waals surface area contributed by atoms with Crippen LogP contribution in [0.25, 0.3) is 0 Å². The van der Waals surface area contributed by atoms with E-state index in [-0.39, 0.29) is 18.5 Å². The Balaban J connectivity index is 2.06. The zero-order valence-electron chi connectivity index (χ0n) is 12.7. The molecule has 1 aromatic carbocycles. The van der Waals surface area contributed by atoms with Crippen molar-refractivity contribution in [3.05, 3.63) is 46.5 Å². The first-order valence-corrected chi connectivity index (χ1v) is 8.01. The van der Waals surface area contributed by atoms with Gasteiger partial charge in [-0.3, -0.25) is 4.79 Å². The van der Waals surface area contributed by atoms with Crippen LogP contribution < -0.4 is 4.74 Å². The third-order valence-electron chi connectivity index (χ3n) is 3.68. The van der Waals surface area contributed by atoms with Crippen molar-refractivity contribution in [2.75, 3.05) is 6.61 Å². The van der Waals surface area contributed by atoms with E-state index in [1.165, 1.54) is 6.07 Å². The molecule has 23 heavy (non-hydrogen) atoms. The highest BCUT2D eigenvalue weighted by molar-refractivity contribution is 9.10. The van der Waals surface area contributed by atoms with Gasteiger partial charge >= 0.3 is 5.97 Å². The lowest BCUT2D eigenvalue weighted by Gasteiger charge is -2.31. The maximum absolute atomic E-state index is 12.9. The highest BCUT2D eigenvalue weighted by Gasteiger charge is 2.37. The fraction of sp³-hybridized carbons (Fsp3) is 0.312. The summed E-state index contributed by atoms with van der Waals surface area (Å²) in [7, 11) is 0. The first-order valence-electron chi connectivity index (χ1n) is 7.22. The lowest BCUT2D eigenvalue weighted by atomic mass is 9.94. The molecule has 1 aromatic heterocycles. The summed E-state index contributed by atoms with van der Waals surface area (Å²) in [6.45, 7) is 3.83. The lowest BCUT2D eigenvalue weighted by molar-refractivity contribution is 0.0526. The fourth-order valence-corrected chi connectivity index (χ4v) is 3.22. The number of halogens is 1. The standard InChI is InChI=1S/C16H15BrN2O4/c1-3-22-16(21)10-6-11-14(20)13(19-5-4-18-8-19)9(2)23-15(11)12(17)7-10/h4-9,13H,3H2,1-2H3/t9-,13-/m0/s1. The van der Waals surface area contributed by atoms with Crippen molar-refractivity contribution in [3.8, 4) is 5.75 Å². The predicted molar refractivity (Wildman–Crippen MR) is 85.8 cm³/mol. The minimum Gasteiger partial charge on any atom is -0.486 e. The molecule has 1 aliphatic rings. The van der Waals surface area contributed by atoms with Gasteiger partial charge in [-0.05, 0) is 41.9 Å². The number of fused-ring (bicyclic) bond motifs is 1. The molecule has 0 bridgehead atoms. The van der Waals surface area contributed by atoms with E-state index >= 15 is 0 Å². The maximum Gasteiger partial charge on any atom is 0.338 e. The van der Waals surface area contributed by atoms with Gasteiger partial charge in [-0.1, -0.05) is 0 Å². The summed E-state index contributed by atoms with van der Waals surface area (Å²) in [5.74, 6) is -0.142. The van der Waals surface area contributed by atoms with Gasteiger partial charge in [0.05, 0.1) is 28.5 Å². The fourth-order valence-electron chi connectivity index (χ4n) is 2.66. The predicted octanol–water partition coefficient (Wildman–Crippen LogP) is 3.03. The molecule has 1 aliphatic heterocycles. The Kier molecular flexibility index (Phi) is 4.21. The number of imidazole rings is 1. The van der Waals surface area contributed by atoms with Gasteiger partial charge in [0.15, 0.2) is 5.78 Å². The Hall–Kier alpha value is -2.15. The lowest BCUT2D eigenvalue weighted by Crippen LogP contribution is -2.37. The number of hydrogen-bond acceptors (Lipinski definition) is 5. The average Bonchev–Trinajstić information content (AvgIpc) is 3.02. The Bertz CT molecular complexity index is 758. The van der Waals surface area contributed by atoms with Gasteiger partial charge in [-0.25, -0.2) is 9.78 Å². The third kappa shape index (κ3) is 2.76. The van der Waals surface area contributed by atoms with Crippen LogP contribution >= 0.6 is 15.9 Å². The van der Waals surface area contributed by atoms with E-state index in [0.29, 0.717) is 21.3 Å². The minimum absolute atomic E-state index is 0.122. The van der Waals surface area contributed by atoms with Crippen molar-refractivity contribution in [3.63, 3.8) is 0 Å². The number of carbonyl (C=O) groups is 2. The van der Waals surface area contributed by atoms with E-state index < -0.39 is 12.0 Å². The van der Waals surface area contributed by atoms with E-state index in [0.717, 1.165) is 0 Å². The largest absolute Gasteiger partial charge is 0.486 e. The van der Waals surface area contributed by atoms with E-state index in [4.69, 9.17) is 9.47 Å². The van der Waals surface area contributed by atoms with Crippen LogP contribution in [0.1, 0.15) is 40.6 Å². The summed E-state index contributed by atoms with van der Waals surface area (Å²) in [6, 6.07) is 2.61. The molecule has 0 radical (unpaired) electrons. The van der Waals surface area contributed by atoms with E-state index in [1.54, 1.807) is 36.3 Å². The molecule has 0 fully saturated rings. The molecule has 120 valence electrons. The van der Waals surface area contributed by atoms with Crippen LogP contribution in [0, 0.1) is 0 Å². The molecule has 2 atom stereocenters. The molecule has 2 aromatic rings. The summed E-state index contributed by atoms with van der Waals surface area (Å²) < 4.78 is 13.2. The molecule has 0 saturated carbocycles. The Morgan fingerprint density at radius 1 is 1.48 bits per heavy atom. The Morgan fingerprint density at radius 2 is 2.26 bits per heavy atom. The molecular formula is C16H15BrN2O4. The molecule has 0 spiro atoms. The number of ketones is 1. The number of benzene rings is 1. The number of aromatic nitrogens is 2. The normalized spacial score (nSPS) is 19.9. The summed E-state index contributed by atoms with van der Waals surface area (Å²) in [6.07, 6.45) is 4.56. The second kappa shape index (κ2) is 6.16. The number of carbonyl (C=O) groups excluding carboxylic acids is 2. The zero-order valence-corrected chi connectivity index (χ0v) is 14.2. The summed E-state index contributed by atoms with van der Waals surface area (Å²) in [4.78, 5) is 28.8. The summed E-state index contributed by atoms with van der Waals surface area (Å²) in [5, 5.41) is 0. The van der Waals surface area contributed by atoms with Gasteiger partial charge < -0.3 is 14.0 Å². The smallest absolute Gasteiger partial charge is 0.338 e. The quantitative estimate of drug-likeness (QED) is 0.767. The molecule has 0 aliphatic carbocycles. The van der Waals surface area contributed by atoms with Crippen LogP contribution in [-0.2, 0) is 4.74 Å². The van der Waals surface area contributed by atoms with Crippen molar-refractivity contribution in [2.45, 2.75) is 26.0 Å². The highest BCUT2D eigenvalue weighted by atomic mass is 79.9. The first kappa shape index (κ1) is 15.7. The van der Waals surface area contributed by atoms with Crippen LogP contribution in [0.3, 0.4) is 0 Å². The molecule has 0 saturated heterocycles. The number of Topliss-reactive ketones (excluding diaryl/α,β-unsaturated/α-hetero) is 1. The number of rotatable bonds is 3. The Morgan fingerprint density at radius 3 is 2.91 bits per heavy atom. The van der Waals surface area contributed by atoms with Crippen molar-refractivity contribution in [2.24, 2.45) is 0 Å². The molecule has 0 N–H and O–H groups in total. The van der Waals surface area contributed by atoms with E-state index in [9.17, 15) is 9.59 Å². The zero-order chi connectivity index (χ0) is 16.6. The van der Waals surface area contributed by atoms with Crippen LogP contribution in [0.15, 0.2) is 35.3 Å². The van der Waals surface area contributed by atoms with Gasteiger partial charge in [-0.2, -0.15) is 0 Å². The van der Waals surface area contributed by atoms with Gasteiger partial charge in [0.1, 0.15) is 17.9 Å². The van der Waals surface area contributed by atoms with Crippen molar-refractivity contribution in [1.29, 1.82) is 0 Å². The molecule has 0 unspecified atom stereocenters. The number of hydrogen-bond donors (Lipinski definition) is 0. The summed E-state index contributed by atoms with van der Waals surface area (Å²) in [5.41, 5.74) is 0.674. The van der Waals surface area contributed by atoms with E-state index in [2.05, 4.69) is 20.9 Å². The second-order valence-electron chi connectivity index (χ2n) is 5.20. The van der Waals surface area contributed by atoms with Crippen LogP contribution in [0.4, 0.5) is 0 Å². The average molecular weight is 379 g/mol. The topological polar surface area (TPSA) is 70.4 Å². The molecular weight excluding hydrogens is 364 g/mol. The van der Waals surface area contributed by atoms with Gasteiger partial charge in [0.2, 0.25) is 0 Å². The monoisotopic (exact) mass is 378 g/mol. The molecule has 0 amide bonds. The molecule has 2 heterocycles. The molecule has 7 heteroatoms. The number of esters is 1. The Labute approximate surface area is 141 Å². The SMILES string of the molecule is CCOC(=O)c1cc(Br)c2c(c1)C(=O)[C@@H](n1ccnc1)[C@H](C)O2. The molecule has 3 rings (SSSR count). The summed E-state index contributed by atoms with van der Waals surface area (Å²) >= 11 is 3.37. The third-order valence-corrected chi connectivity index (χ3v) is 4.27. The van der Waals surface area contributed by atoms with Gasteiger partial charge in [-0.15, -0.1) is 0 Å².